The number of H-pyrrole nitrogens is 1. The number of amides is 1. The second-order valence-electron chi connectivity index (χ2n) is 7.90. The van der Waals surface area contributed by atoms with Gasteiger partial charge in [0.05, 0.1) is 11.6 Å². The molecule has 2 aromatic rings. The van der Waals surface area contributed by atoms with Gasteiger partial charge in [-0.3, -0.25) is 14.6 Å². The van der Waals surface area contributed by atoms with Crippen LogP contribution in [0.1, 0.15) is 50.2 Å². The second kappa shape index (κ2) is 7.73. The molecule has 0 radical (unpaired) electrons. The van der Waals surface area contributed by atoms with E-state index >= 15 is 0 Å². The van der Waals surface area contributed by atoms with Crippen molar-refractivity contribution < 1.29 is 9.18 Å². The number of benzene rings is 1. The highest BCUT2D eigenvalue weighted by Crippen LogP contribution is 2.42. The lowest BCUT2D eigenvalue weighted by Crippen LogP contribution is -2.46. The summed E-state index contributed by atoms with van der Waals surface area (Å²) in [6.45, 7) is 4.11. The topological polar surface area (TPSA) is 102 Å². The molecule has 9 heteroatoms. The number of nitrogens with zero attached hydrogens (tertiary/aromatic N) is 3. The summed E-state index contributed by atoms with van der Waals surface area (Å²) in [5.41, 5.74) is -0.541. The predicted octanol–water partition coefficient (Wildman–Crippen LogP) is 3.55. The summed E-state index contributed by atoms with van der Waals surface area (Å²) in [5, 5.41) is 12.2. The standard InChI is InChI=1S/C21H21ClFN5O2/c1-10-5-3-6-11(2)28(10)21-26-18-17(20(30)27-21)15(12(9-24)19(29)25-18)16-13(22)7-4-8-14(16)23/h4,7-8,10-12,15H,3,5-6H2,1-2H3,(H2,25,26,27,29,30). The minimum absolute atomic E-state index is 0.0363. The van der Waals surface area contributed by atoms with Crippen LogP contribution in [0.25, 0.3) is 0 Å². The lowest BCUT2D eigenvalue weighted by atomic mass is 9.79. The van der Waals surface area contributed by atoms with Gasteiger partial charge in [-0.1, -0.05) is 17.7 Å². The van der Waals surface area contributed by atoms with E-state index in [0.29, 0.717) is 5.95 Å². The Morgan fingerprint density at radius 1 is 1.23 bits per heavy atom. The Labute approximate surface area is 177 Å². The van der Waals surface area contributed by atoms with Crippen molar-refractivity contribution in [2.24, 2.45) is 5.92 Å². The summed E-state index contributed by atoms with van der Waals surface area (Å²) in [4.78, 5) is 35.2. The van der Waals surface area contributed by atoms with Crippen molar-refractivity contribution >= 4 is 29.3 Å². The molecule has 2 aliphatic heterocycles. The van der Waals surface area contributed by atoms with Gasteiger partial charge < -0.3 is 10.2 Å². The highest BCUT2D eigenvalue weighted by molar-refractivity contribution is 6.31. The highest BCUT2D eigenvalue weighted by atomic mass is 35.5. The molecule has 1 saturated heterocycles. The number of carbonyl (C=O) groups excluding carboxylic acids is 1. The lowest BCUT2D eigenvalue weighted by molar-refractivity contribution is -0.119. The van der Waals surface area contributed by atoms with Crippen molar-refractivity contribution in [2.75, 3.05) is 10.2 Å². The third-order valence-corrected chi connectivity index (χ3v) is 6.33. The summed E-state index contributed by atoms with van der Waals surface area (Å²) >= 11 is 6.22. The number of rotatable bonds is 2. The van der Waals surface area contributed by atoms with Gasteiger partial charge in [-0.05, 0) is 45.2 Å². The number of anilines is 2. The second-order valence-corrected chi connectivity index (χ2v) is 8.30. The zero-order valence-corrected chi connectivity index (χ0v) is 17.3. The third kappa shape index (κ3) is 3.23. The van der Waals surface area contributed by atoms with Crippen LogP contribution in [0.15, 0.2) is 23.0 Å². The number of nitrogens with one attached hydrogen (secondary N) is 2. The van der Waals surface area contributed by atoms with Gasteiger partial charge in [-0.2, -0.15) is 10.2 Å². The average molecular weight is 430 g/mol. The normalized spacial score (nSPS) is 26.0. The lowest BCUT2D eigenvalue weighted by Gasteiger charge is -2.40. The summed E-state index contributed by atoms with van der Waals surface area (Å²) in [5.74, 6) is -3.40. The zero-order valence-electron chi connectivity index (χ0n) is 16.6. The van der Waals surface area contributed by atoms with Crippen LogP contribution in [-0.2, 0) is 4.79 Å². The van der Waals surface area contributed by atoms with Crippen molar-refractivity contribution in [3.63, 3.8) is 0 Å². The summed E-state index contributed by atoms with van der Waals surface area (Å²) in [6.07, 6.45) is 3.01. The van der Waals surface area contributed by atoms with E-state index in [1.54, 1.807) is 0 Å². The van der Waals surface area contributed by atoms with Crippen LogP contribution >= 0.6 is 11.6 Å². The van der Waals surface area contributed by atoms with E-state index in [9.17, 15) is 19.2 Å². The maximum atomic E-state index is 14.7. The minimum Gasteiger partial charge on any atom is -0.337 e. The Bertz CT molecular complexity index is 1080. The molecule has 0 bridgehead atoms. The van der Waals surface area contributed by atoms with E-state index in [-0.39, 0.29) is 34.1 Å². The first-order valence-electron chi connectivity index (χ1n) is 9.90. The van der Waals surface area contributed by atoms with Crippen LogP contribution in [0.3, 0.4) is 0 Å². The molecule has 1 aromatic heterocycles. The Hall–Kier alpha value is -2.92. The largest absolute Gasteiger partial charge is 0.337 e. The summed E-state index contributed by atoms with van der Waals surface area (Å²) < 4.78 is 14.7. The molecular formula is C21H21ClFN5O2. The first kappa shape index (κ1) is 20.4. The number of fused-ring (bicyclic) bond motifs is 1. The van der Waals surface area contributed by atoms with Crippen LogP contribution in [0, 0.1) is 23.1 Å². The van der Waals surface area contributed by atoms with Crippen LogP contribution in [0.5, 0.6) is 0 Å². The predicted molar refractivity (Wildman–Crippen MR) is 111 cm³/mol. The van der Waals surface area contributed by atoms with Crippen molar-refractivity contribution in [1.29, 1.82) is 5.26 Å². The molecule has 156 valence electrons. The van der Waals surface area contributed by atoms with E-state index in [1.165, 1.54) is 18.2 Å². The van der Waals surface area contributed by atoms with Gasteiger partial charge in [0.2, 0.25) is 11.9 Å². The number of carbonyl (C=O) groups is 1. The molecule has 4 atom stereocenters. The molecule has 0 aliphatic carbocycles. The maximum absolute atomic E-state index is 14.7. The molecule has 2 aliphatic rings. The minimum atomic E-state index is -1.31. The fourth-order valence-corrected chi connectivity index (χ4v) is 4.86. The number of aromatic nitrogens is 2. The van der Waals surface area contributed by atoms with Crippen LogP contribution in [0.4, 0.5) is 16.2 Å². The number of piperidine rings is 1. The Kier molecular flexibility index (Phi) is 5.24. The van der Waals surface area contributed by atoms with E-state index < -0.39 is 29.1 Å². The van der Waals surface area contributed by atoms with Gasteiger partial charge in [0, 0.05) is 28.6 Å². The van der Waals surface area contributed by atoms with E-state index in [2.05, 4.69) is 29.1 Å². The van der Waals surface area contributed by atoms with Crippen molar-refractivity contribution in [3.8, 4) is 6.07 Å². The average Bonchev–Trinajstić information content (AvgIpc) is 2.67. The van der Waals surface area contributed by atoms with Crippen molar-refractivity contribution in [2.45, 2.75) is 51.1 Å². The highest BCUT2D eigenvalue weighted by Gasteiger charge is 2.43. The van der Waals surface area contributed by atoms with Gasteiger partial charge in [0.25, 0.3) is 5.56 Å². The molecule has 1 fully saturated rings. The molecule has 1 amide bonds. The maximum Gasteiger partial charge on any atom is 0.258 e. The van der Waals surface area contributed by atoms with Crippen molar-refractivity contribution in [3.05, 3.63) is 50.5 Å². The monoisotopic (exact) mass is 429 g/mol. The number of hydrogen-bond donors (Lipinski definition) is 2. The van der Waals surface area contributed by atoms with Gasteiger partial charge in [0.15, 0.2) is 0 Å². The van der Waals surface area contributed by atoms with Gasteiger partial charge in [-0.15, -0.1) is 0 Å². The Balaban J connectivity index is 1.91. The van der Waals surface area contributed by atoms with Crippen molar-refractivity contribution in [1.82, 2.24) is 9.97 Å². The number of hydrogen-bond acceptors (Lipinski definition) is 5. The molecule has 0 spiro atoms. The van der Waals surface area contributed by atoms with Crippen LogP contribution in [0.2, 0.25) is 5.02 Å². The van der Waals surface area contributed by atoms with E-state index in [1.807, 2.05) is 11.0 Å². The fraction of sp³-hybridized carbons (Fsp3) is 0.429. The molecule has 4 rings (SSSR count). The molecule has 2 N–H and O–H groups in total. The summed E-state index contributed by atoms with van der Waals surface area (Å²) in [6, 6.07) is 6.30. The first-order valence-corrected chi connectivity index (χ1v) is 10.3. The Morgan fingerprint density at radius 2 is 1.93 bits per heavy atom. The van der Waals surface area contributed by atoms with E-state index in [4.69, 9.17) is 11.6 Å². The zero-order chi connectivity index (χ0) is 21.6. The summed E-state index contributed by atoms with van der Waals surface area (Å²) in [7, 11) is 0. The third-order valence-electron chi connectivity index (χ3n) is 6.00. The Morgan fingerprint density at radius 3 is 2.57 bits per heavy atom. The van der Waals surface area contributed by atoms with Gasteiger partial charge in [0.1, 0.15) is 17.6 Å². The molecular weight excluding hydrogens is 409 g/mol. The smallest absolute Gasteiger partial charge is 0.258 e. The van der Waals surface area contributed by atoms with Gasteiger partial charge in [-0.25, -0.2) is 4.39 Å². The van der Waals surface area contributed by atoms with E-state index in [0.717, 1.165) is 19.3 Å². The quantitative estimate of drug-likeness (QED) is 0.760. The fourth-order valence-electron chi connectivity index (χ4n) is 4.58. The molecule has 30 heavy (non-hydrogen) atoms. The number of nitriles is 1. The number of aromatic amines is 1. The molecule has 1 aromatic carbocycles. The number of halogens is 2. The molecule has 3 heterocycles. The van der Waals surface area contributed by atoms with Crippen LogP contribution < -0.4 is 15.8 Å². The first-order chi connectivity index (χ1) is 14.3. The molecule has 4 unspecified atom stereocenters. The SMILES string of the molecule is CC1CCCC(C)N1c1nc2c(c(=O)[nH]1)C(c1c(F)cccc1Cl)C(C#N)C(=O)N2. The van der Waals surface area contributed by atoms with Crippen LogP contribution in [-0.4, -0.2) is 28.0 Å². The van der Waals surface area contributed by atoms with Gasteiger partial charge >= 0.3 is 0 Å². The molecule has 7 nitrogen and oxygen atoms in total. The molecule has 0 saturated carbocycles.